The molecule has 3 rings (SSSR count). The largest absolute Gasteiger partial charge is 0.266 e. The van der Waals surface area contributed by atoms with Crippen LogP contribution in [-0.2, 0) is 13.1 Å². The Hall–Kier alpha value is -1.38. The number of nitrogens with zero attached hydrogens (tertiary/aromatic N) is 4. The van der Waals surface area contributed by atoms with E-state index in [1.165, 1.54) is 5.56 Å². The van der Waals surface area contributed by atoms with Crippen LogP contribution >= 0.6 is 31.9 Å². The highest BCUT2D eigenvalue weighted by Gasteiger charge is 2.24. The molecule has 2 aromatic rings. The number of hydrogen-bond donors (Lipinski definition) is 2. The molecule has 0 amide bonds. The van der Waals surface area contributed by atoms with Crippen molar-refractivity contribution in [2.45, 2.75) is 26.9 Å². The fraction of sp³-hybridized carbons (Fsp3) is 0.333. The molecule has 0 saturated carbocycles. The summed E-state index contributed by atoms with van der Waals surface area (Å²) in [5.74, 6) is 1.34. The summed E-state index contributed by atoms with van der Waals surface area (Å²) < 4.78 is 3.97. The first-order valence-electron chi connectivity index (χ1n) is 7.36. The van der Waals surface area contributed by atoms with E-state index >= 15 is 0 Å². The van der Waals surface area contributed by atoms with Crippen LogP contribution in [0.25, 0.3) is 0 Å². The van der Waals surface area contributed by atoms with Gasteiger partial charge < -0.3 is 0 Å². The molecule has 2 heterocycles. The quantitative estimate of drug-likeness (QED) is 0.747. The molecule has 23 heavy (non-hydrogen) atoms. The van der Waals surface area contributed by atoms with E-state index in [0.29, 0.717) is 12.5 Å². The molecular formula is C15H18Br2N6. The summed E-state index contributed by atoms with van der Waals surface area (Å²) >= 11 is 7.10. The molecule has 0 aliphatic carbocycles. The first-order valence-corrected chi connectivity index (χ1v) is 8.95. The number of halogens is 2. The molecule has 1 aliphatic heterocycles. The Bertz CT molecular complexity index is 707. The van der Waals surface area contributed by atoms with Crippen LogP contribution in [0.2, 0.25) is 0 Å². The molecule has 1 aliphatic rings. The van der Waals surface area contributed by atoms with Gasteiger partial charge in [0.15, 0.2) is 5.84 Å². The van der Waals surface area contributed by atoms with Gasteiger partial charge in [-0.15, -0.1) is 10.6 Å². The van der Waals surface area contributed by atoms with Crippen molar-refractivity contribution in [1.29, 1.82) is 0 Å². The molecule has 0 spiro atoms. The first-order chi connectivity index (χ1) is 11.0. The molecule has 0 saturated heterocycles. The smallest absolute Gasteiger partial charge is 0.177 e. The highest BCUT2D eigenvalue weighted by molar-refractivity contribution is 9.10. The third-order valence-corrected chi connectivity index (χ3v) is 4.78. The van der Waals surface area contributed by atoms with Gasteiger partial charge >= 0.3 is 0 Å². The van der Waals surface area contributed by atoms with Gasteiger partial charge in [-0.1, -0.05) is 41.9 Å². The molecule has 0 bridgehead atoms. The standard InChI is InChI=1S/C15H18Br2N6/c1-10(2)8-22-14(17)13(7-18-22)15-19-20-21-23(15)9-11-3-5-12(16)6-4-11/h3-7,10,20-21H,8-9H2,1-2H3. The maximum atomic E-state index is 4.45. The van der Waals surface area contributed by atoms with E-state index < -0.39 is 0 Å². The van der Waals surface area contributed by atoms with Crippen LogP contribution in [0.1, 0.15) is 25.0 Å². The maximum Gasteiger partial charge on any atom is 0.177 e. The van der Waals surface area contributed by atoms with Gasteiger partial charge in [0.05, 0.1) is 18.3 Å². The van der Waals surface area contributed by atoms with Crippen molar-refractivity contribution in [3.8, 4) is 0 Å². The minimum atomic E-state index is 0.527. The Kier molecular flexibility index (Phi) is 5.03. The van der Waals surface area contributed by atoms with Crippen LogP contribution in [0.5, 0.6) is 0 Å². The van der Waals surface area contributed by atoms with Crippen molar-refractivity contribution >= 4 is 37.7 Å². The topological polar surface area (TPSA) is 57.5 Å². The van der Waals surface area contributed by atoms with Crippen molar-refractivity contribution < 1.29 is 0 Å². The average Bonchev–Trinajstić information content (AvgIpc) is 3.09. The van der Waals surface area contributed by atoms with Gasteiger partial charge in [0.25, 0.3) is 0 Å². The summed E-state index contributed by atoms with van der Waals surface area (Å²) in [5, 5.41) is 10.8. The second-order valence-electron chi connectivity index (χ2n) is 5.80. The molecule has 2 N–H and O–H groups in total. The van der Waals surface area contributed by atoms with Crippen LogP contribution in [0.3, 0.4) is 0 Å². The number of hydrogen-bond acceptors (Lipinski definition) is 5. The van der Waals surface area contributed by atoms with E-state index in [2.05, 4.69) is 79.1 Å². The Morgan fingerprint density at radius 1 is 1.17 bits per heavy atom. The second kappa shape index (κ2) is 7.02. The van der Waals surface area contributed by atoms with Gasteiger partial charge in [0.1, 0.15) is 4.60 Å². The lowest BCUT2D eigenvalue weighted by molar-refractivity contribution is 0.288. The first kappa shape index (κ1) is 16.5. The molecular weight excluding hydrogens is 424 g/mol. The molecule has 0 radical (unpaired) electrons. The van der Waals surface area contributed by atoms with Crippen LogP contribution < -0.4 is 11.1 Å². The number of nitrogens with one attached hydrogen (secondary N) is 2. The number of rotatable bonds is 5. The van der Waals surface area contributed by atoms with Crippen molar-refractivity contribution in [3.63, 3.8) is 0 Å². The SMILES string of the molecule is CC(C)Cn1ncc(C2=NNNN2Cc2ccc(Br)cc2)c1Br. The van der Waals surface area contributed by atoms with E-state index in [-0.39, 0.29) is 0 Å². The van der Waals surface area contributed by atoms with E-state index in [1.54, 1.807) is 0 Å². The molecule has 0 fully saturated rings. The van der Waals surface area contributed by atoms with Crippen LogP contribution in [-0.4, -0.2) is 20.6 Å². The van der Waals surface area contributed by atoms with E-state index in [9.17, 15) is 0 Å². The third kappa shape index (κ3) is 3.76. The van der Waals surface area contributed by atoms with Crippen molar-refractivity contribution in [1.82, 2.24) is 25.9 Å². The summed E-state index contributed by atoms with van der Waals surface area (Å²) in [5.41, 5.74) is 8.02. The monoisotopic (exact) mass is 440 g/mol. The summed E-state index contributed by atoms with van der Waals surface area (Å²) in [6.07, 6.45) is 1.84. The highest BCUT2D eigenvalue weighted by Crippen LogP contribution is 2.21. The Morgan fingerprint density at radius 2 is 1.91 bits per heavy atom. The fourth-order valence-corrected chi connectivity index (χ4v) is 3.12. The lowest BCUT2D eigenvalue weighted by Crippen LogP contribution is -2.40. The molecule has 1 aromatic heterocycles. The van der Waals surface area contributed by atoms with E-state index in [0.717, 1.165) is 27.0 Å². The predicted octanol–water partition coefficient (Wildman–Crippen LogP) is 3.25. The summed E-state index contributed by atoms with van der Waals surface area (Å²) in [7, 11) is 0. The van der Waals surface area contributed by atoms with E-state index in [4.69, 9.17) is 0 Å². The summed E-state index contributed by atoms with van der Waals surface area (Å²) in [6.45, 7) is 5.90. The van der Waals surface area contributed by atoms with E-state index in [1.807, 2.05) is 28.0 Å². The second-order valence-corrected chi connectivity index (χ2v) is 7.46. The van der Waals surface area contributed by atoms with Gasteiger partial charge in [-0.3, -0.25) is 9.69 Å². The Balaban J connectivity index is 1.79. The number of amidine groups is 1. The molecule has 122 valence electrons. The molecule has 0 atom stereocenters. The summed E-state index contributed by atoms with van der Waals surface area (Å²) in [4.78, 5) is 0. The Labute approximate surface area is 152 Å². The Morgan fingerprint density at radius 3 is 2.61 bits per heavy atom. The van der Waals surface area contributed by atoms with Gasteiger partial charge in [-0.05, 0) is 39.5 Å². The minimum absolute atomic E-state index is 0.527. The van der Waals surface area contributed by atoms with Gasteiger partial charge in [-0.2, -0.15) is 5.10 Å². The average molecular weight is 442 g/mol. The normalized spacial score (nSPS) is 14.3. The number of benzene rings is 1. The highest BCUT2D eigenvalue weighted by atomic mass is 79.9. The number of hydrazine groups is 2. The van der Waals surface area contributed by atoms with Crippen molar-refractivity contribution in [2.75, 3.05) is 0 Å². The van der Waals surface area contributed by atoms with Crippen LogP contribution in [0.15, 0.2) is 44.6 Å². The zero-order valence-electron chi connectivity index (χ0n) is 12.9. The molecule has 1 aromatic carbocycles. The zero-order chi connectivity index (χ0) is 16.4. The van der Waals surface area contributed by atoms with Crippen LogP contribution in [0, 0.1) is 5.92 Å². The van der Waals surface area contributed by atoms with Gasteiger partial charge in [0, 0.05) is 11.0 Å². The summed E-state index contributed by atoms with van der Waals surface area (Å²) in [6, 6.07) is 8.23. The molecule has 6 nitrogen and oxygen atoms in total. The lowest BCUT2D eigenvalue weighted by Gasteiger charge is -2.18. The third-order valence-electron chi connectivity index (χ3n) is 3.41. The zero-order valence-corrected chi connectivity index (χ0v) is 16.1. The van der Waals surface area contributed by atoms with Crippen molar-refractivity contribution in [3.05, 3.63) is 50.7 Å². The fourth-order valence-electron chi connectivity index (χ4n) is 2.34. The maximum absolute atomic E-state index is 4.45. The van der Waals surface area contributed by atoms with Crippen LogP contribution in [0.4, 0.5) is 0 Å². The predicted molar refractivity (Wildman–Crippen MR) is 97.3 cm³/mol. The van der Waals surface area contributed by atoms with Crippen molar-refractivity contribution in [2.24, 2.45) is 11.0 Å². The number of aromatic nitrogens is 2. The van der Waals surface area contributed by atoms with Gasteiger partial charge in [-0.25, -0.2) is 5.53 Å². The lowest BCUT2D eigenvalue weighted by atomic mass is 10.2. The minimum Gasteiger partial charge on any atom is -0.266 e. The molecule has 8 heteroatoms. The molecule has 0 unspecified atom stereocenters. The number of hydrazone groups is 1. The van der Waals surface area contributed by atoms with Gasteiger partial charge in [0.2, 0.25) is 0 Å².